The van der Waals surface area contributed by atoms with Crippen LogP contribution in [-0.4, -0.2) is 17.8 Å². The fourth-order valence-electron chi connectivity index (χ4n) is 2.30. The molecule has 1 heterocycles. The van der Waals surface area contributed by atoms with Crippen LogP contribution in [0.4, 0.5) is 11.4 Å². The summed E-state index contributed by atoms with van der Waals surface area (Å²) in [5.41, 5.74) is 0.485. The van der Waals surface area contributed by atoms with E-state index in [0.29, 0.717) is 11.4 Å². The van der Waals surface area contributed by atoms with Crippen LogP contribution in [0.25, 0.3) is 0 Å². The van der Waals surface area contributed by atoms with Gasteiger partial charge in [0.05, 0.1) is 11.7 Å². The third-order valence-corrected chi connectivity index (χ3v) is 4.36. The molecule has 0 saturated carbocycles. The van der Waals surface area contributed by atoms with Crippen molar-refractivity contribution in [3.63, 3.8) is 0 Å². The minimum absolute atomic E-state index is 0.0664. The first-order chi connectivity index (χ1) is 11.9. The molecule has 1 aliphatic heterocycles. The average Bonchev–Trinajstić information content (AvgIpc) is 2.80. The van der Waals surface area contributed by atoms with Crippen molar-refractivity contribution in [1.29, 1.82) is 0 Å². The summed E-state index contributed by atoms with van der Waals surface area (Å²) in [5.74, 6) is -2.64. The molecule has 0 aliphatic carbocycles. The van der Waals surface area contributed by atoms with Crippen molar-refractivity contribution >= 4 is 56.7 Å². The number of nitrogens with one attached hydrogen (secondary N) is 1. The third-order valence-electron chi connectivity index (χ3n) is 3.48. The normalized spacial score (nSPS) is 14.2. The Morgan fingerprint density at radius 3 is 2.40 bits per heavy atom. The number of halogens is 2. The maximum absolute atomic E-state index is 12.6. The van der Waals surface area contributed by atoms with Gasteiger partial charge in [0.1, 0.15) is 10.7 Å². The van der Waals surface area contributed by atoms with Gasteiger partial charge in [-0.15, -0.1) is 0 Å². The van der Waals surface area contributed by atoms with Gasteiger partial charge < -0.3 is 15.2 Å². The third kappa shape index (κ3) is 3.29. The fourth-order valence-corrected chi connectivity index (χ4v) is 2.78. The first kappa shape index (κ1) is 17.2. The van der Waals surface area contributed by atoms with Gasteiger partial charge in [0.15, 0.2) is 0 Å². The van der Waals surface area contributed by atoms with Crippen molar-refractivity contribution in [2.24, 2.45) is 0 Å². The number of carboxylic acids is 1. The van der Waals surface area contributed by atoms with E-state index in [-0.39, 0.29) is 16.3 Å². The topological polar surface area (TPSA) is 89.5 Å². The summed E-state index contributed by atoms with van der Waals surface area (Å²) in [7, 11) is 0. The van der Waals surface area contributed by atoms with Gasteiger partial charge in [-0.1, -0.05) is 39.7 Å². The molecule has 2 aromatic carbocycles. The molecule has 0 fully saturated rings. The van der Waals surface area contributed by atoms with Crippen molar-refractivity contribution in [1.82, 2.24) is 0 Å². The van der Waals surface area contributed by atoms with Gasteiger partial charge >= 0.3 is 0 Å². The summed E-state index contributed by atoms with van der Waals surface area (Å²) in [6.07, 6.45) is 0. The lowest BCUT2D eigenvalue weighted by Crippen LogP contribution is -2.32. The number of nitrogens with zero attached hydrogens (tertiary/aromatic N) is 1. The van der Waals surface area contributed by atoms with Gasteiger partial charge in [-0.25, -0.2) is 4.90 Å². The second-order valence-corrected chi connectivity index (χ2v) is 6.40. The Balaban J connectivity index is 1.91. The number of carboxylic acid groups (broad SMARTS) is 1. The maximum atomic E-state index is 12.6. The van der Waals surface area contributed by atoms with Gasteiger partial charge in [0.2, 0.25) is 0 Å². The van der Waals surface area contributed by atoms with Crippen molar-refractivity contribution in [3.05, 3.63) is 69.3 Å². The summed E-state index contributed by atoms with van der Waals surface area (Å²) >= 11 is 9.30. The van der Waals surface area contributed by atoms with Crippen LogP contribution in [0.1, 0.15) is 10.4 Å². The molecule has 0 bridgehead atoms. The lowest BCUT2D eigenvalue weighted by molar-refractivity contribution is -0.255. The predicted molar refractivity (Wildman–Crippen MR) is 93.9 cm³/mol. The lowest BCUT2D eigenvalue weighted by Gasteiger charge is -2.15. The predicted octanol–water partition coefficient (Wildman–Crippen LogP) is 2.25. The summed E-state index contributed by atoms with van der Waals surface area (Å²) in [6, 6.07) is 12.3. The minimum atomic E-state index is -1.35. The molecule has 0 unspecified atom stereocenters. The van der Waals surface area contributed by atoms with Crippen molar-refractivity contribution in [2.75, 3.05) is 10.2 Å². The molecule has 1 aliphatic rings. The molecule has 8 heteroatoms. The zero-order valence-corrected chi connectivity index (χ0v) is 14.8. The van der Waals surface area contributed by atoms with E-state index < -0.39 is 17.8 Å². The number of anilines is 2. The number of rotatable bonds is 4. The zero-order chi connectivity index (χ0) is 18.1. The quantitative estimate of drug-likeness (QED) is 0.766. The molecule has 1 N–H and O–H groups in total. The molecule has 0 spiro atoms. The molecule has 0 saturated heterocycles. The van der Waals surface area contributed by atoms with E-state index in [4.69, 9.17) is 11.6 Å². The number of aromatic carboxylic acids is 1. The molecular formula is C17H9BrClN2O4-. The summed E-state index contributed by atoms with van der Waals surface area (Å²) in [6.45, 7) is 0. The highest BCUT2D eigenvalue weighted by atomic mass is 79.9. The molecule has 2 aromatic rings. The highest BCUT2D eigenvalue weighted by Gasteiger charge is 2.38. The molecule has 25 heavy (non-hydrogen) atoms. The zero-order valence-electron chi connectivity index (χ0n) is 12.5. The van der Waals surface area contributed by atoms with Gasteiger partial charge in [-0.05, 0) is 42.0 Å². The fraction of sp³-hybridized carbons (Fsp3) is 0. The number of carbonyl (C=O) groups is 3. The number of carbonyl (C=O) groups excluding carboxylic acids is 3. The SMILES string of the molecule is O=C([O-])c1cccc(NC2=C(Cl)C(=O)N(c3ccc(Br)cc3)C2=O)c1. The number of hydrogen-bond acceptors (Lipinski definition) is 5. The Hall–Kier alpha value is -2.64. The van der Waals surface area contributed by atoms with Crippen molar-refractivity contribution in [2.45, 2.75) is 0 Å². The van der Waals surface area contributed by atoms with Gasteiger partial charge in [0, 0.05) is 10.2 Å². The molecule has 0 atom stereocenters. The largest absolute Gasteiger partial charge is 0.545 e. The van der Waals surface area contributed by atoms with Gasteiger partial charge in [-0.3, -0.25) is 9.59 Å². The summed E-state index contributed by atoms with van der Waals surface area (Å²) < 4.78 is 0.798. The van der Waals surface area contributed by atoms with E-state index >= 15 is 0 Å². The minimum Gasteiger partial charge on any atom is -0.545 e. The molecule has 0 aromatic heterocycles. The van der Waals surface area contributed by atoms with E-state index in [2.05, 4.69) is 21.2 Å². The maximum Gasteiger partial charge on any atom is 0.283 e. The van der Waals surface area contributed by atoms with E-state index in [1.54, 1.807) is 30.3 Å². The van der Waals surface area contributed by atoms with Crippen LogP contribution in [0.5, 0.6) is 0 Å². The van der Waals surface area contributed by atoms with E-state index in [1.807, 2.05) is 0 Å². The van der Waals surface area contributed by atoms with Crippen LogP contribution in [0, 0.1) is 0 Å². The van der Waals surface area contributed by atoms with Crippen LogP contribution in [0.2, 0.25) is 0 Å². The smallest absolute Gasteiger partial charge is 0.283 e. The monoisotopic (exact) mass is 419 g/mol. The van der Waals surface area contributed by atoms with Crippen LogP contribution in [-0.2, 0) is 9.59 Å². The average molecular weight is 421 g/mol. The Bertz CT molecular complexity index is 925. The van der Waals surface area contributed by atoms with Crippen molar-refractivity contribution < 1.29 is 19.5 Å². The summed E-state index contributed by atoms with van der Waals surface area (Å²) in [4.78, 5) is 36.8. The number of imide groups is 1. The Morgan fingerprint density at radius 2 is 1.76 bits per heavy atom. The summed E-state index contributed by atoms with van der Waals surface area (Å²) in [5, 5.41) is 13.4. The van der Waals surface area contributed by atoms with E-state index in [1.165, 1.54) is 18.2 Å². The van der Waals surface area contributed by atoms with Crippen LogP contribution < -0.4 is 15.3 Å². The van der Waals surface area contributed by atoms with E-state index in [9.17, 15) is 19.5 Å². The molecule has 0 radical (unpaired) electrons. The lowest BCUT2D eigenvalue weighted by atomic mass is 10.2. The van der Waals surface area contributed by atoms with Crippen molar-refractivity contribution in [3.8, 4) is 0 Å². The molecular weight excluding hydrogens is 412 g/mol. The van der Waals surface area contributed by atoms with E-state index in [0.717, 1.165) is 9.37 Å². The van der Waals surface area contributed by atoms with Crippen LogP contribution in [0.15, 0.2) is 63.7 Å². The van der Waals surface area contributed by atoms with Crippen LogP contribution in [0.3, 0.4) is 0 Å². The molecule has 2 amide bonds. The number of benzene rings is 2. The Labute approximate surface area is 155 Å². The molecule has 6 nitrogen and oxygen atoms in total. The highest BCUT2D eigenvalue weighted by Crippen LogP contribution is 2.30. The van der Waals surface area contributed by atoms with Gasteiger partial charge in [0.25, 0.3) is 11.8 Å². The van der Waals surface area contributed by atoms with Crippen LogP contribution >= 0.6 is 27.5 Å². The Morgan fingerprint density at radius 1 is 1.08 bits per heavy atom. The number of amides is 2. The highest BCUT2D eigenvalue weighted by molar-refractivity contribution is 9.10. The second kappa shape index (κ2) is 6.70. The number of hydrogen-bond donors (Lipinski definition) is 1. The second-order valence-electron chi connectivity index (χ2n) is 5.10. The first-order valence-electron chi connectivity index (χ1n) is 7.01. The first-order valence-corrected chi connectivity index (χ1v) is 8.18. The van der Waals surface area contributed by atoms with Gasteiger partial charge in [-0.2, -0.15) is 0 Å². The Kier molecular flexibility index (Phi) is 4.61. The standard InChI is InChI=1S/C17H10BrClN2O4/c18-10-4-6-12(7-5-10)21-15(22)13(19)14(16(21)23)20-11-3-1-2-9(8-11)17(24)25/h1-8,20H,(H,24,25)/p-1. The molecule has 126 valence electrons. The molecule has 3 rings (SSSR count).